The van der Waals surface area contributed by atoms with Gasteiger partial charge < -0.3 is 0 Å². The van der Waals surface area contributed by atoms with Crippen molar-refractivity contribution in [2.24, 2.45) is 0 Å². The maximum Gasteiger partial charge on any atom is 0.262 e. The van der Waals surface area contributed by atoms with Gasteiger partial charge in [0.25, 0.3) is 5.56 Å². The number of hydrogen-bond donors (Lipinski definition) is 0. The Morgan fingerprint density at radius 1 is 1.12 bits per heavy atom. The molecule has 0 N–H and O–H groups in total. The SMILES string of the molecule is Cc1sc2nc3n(c(=O)c2c1C)CCC3=Cc1cccc2ccccc12. The van der Waals surface area contributed by atoms with Gasteiger partial charge in [0.1, 0.15) is 10.7 Å². The van der Waals surface area contributed by atoms with Gasteiger partial charge in [-0.3, -0.25) is 9.36 Å². The highest BCUT2D eigenvalue weighted by Crippen LogP contribution is 2.33. The lowest BCUT2D eigenvalue weighted by Crippen LogP contribution is -2.20. The van der Waals surface area contributed by atoms with E-state index in [0.29, 0.717) is 6.54 Å². The second-order valence-electron chi connectivity index (χ2n) is 6.84. The summed E-state index contributed by atoms with van der Waals surface area (Å²) in [4.78, 5) is 19.9. The van der Waals surface area contributed by atoms with Gasteiger partial charge in [-0.25, -0.2) is 4.98 Å². The van der Waals surface area contributed by atoms with Gasteiger partial charge in [0.05, 0.1) is 5.39 Å². The monoisotopic (exact) mass is 358 g/mol. The standard InChI is InChI=1S/C22H18N2OS/c1-13-14(2)26-21-19(13)22(25)24-11-10-17(20(24)23-21)12-16-8-5-7-15-6-3-4-9-18(15)16/h3-9,12H,10-11H2,1-2H3. The quantitative estimate of drug-likeness (QED) is 0.470. The molecule has 4 aromatic rings. The van der Waals surface area contributed by atoms with Gasteiger partial charge in [0.2, 0.25) is 0 Å². The molecule has 3 nitrogen and oxygen atoms in total. The van der Waals surface area contributed by atoms with Crippen LogP contribution in [0.5, 0.6) is 0 Å². The topological polar surface area (TPSA) is 34.9 Å². The molecule has 1 aliphatic heterocycles. The fourth-order valence-electron chi connectivity index (χ4n) is 3.82. The summed E-state index contributed by atoms with van der Waals surface area (Å²) in [6.45, 7) is 4.79. The number of hydrogen-bond acceptors (Lipinski definition) is 3. The average Bonchev–Trinajstić information content (AvgIpc) is 3.17. The van der Waals surface area contributed by atoms with Crippen LogP contribution in [0, 0.1) is 13.8 Å². The third kappa shape index (κ3) is 2.19. The van der Waals surface area contributed by atoms with E-state index in [2.05, 4.69) is 55.5 Å². The normalized spacial score (nSPS) is 15.2. The highest BCUT2D eigenvalue weighted by atomic mass is 32.1. The number of rotatable bonds is 1. The third-order valence-electron chi connectivity index (χ3n) is 5.33. The molecule has 2 aromatic heterocycles. The van der Waals surface area contributed by atoms with Gasteiger partial charge in [-0.2, -0.15) is 0 Å². The van der Waals surface area contributed by atoms with Crippen molar-refractivity contribution in [2.75, 3.05) is 0 Å². The van der Waals surface area contributed by atoms with Crippen molar-refractivity contribution in [3.8, 4) is 0 Å². The average molecular weight is 358 g/mol. The second-order valence-corrected chi connectivity index (χ2v) is 8.05. The molecule has 0 atom stereocenters. The van der Waals surface area contributed by atoms with Gasteiger partial charge in [-0.1, -0.05) is 42.5 Å². The first kappa shape index (κ1) is 15.5. The molecule has 4 heteroatoms. The molecule has 26 heavy (non-hydrogen) atoms. The Labute approximate surface area is 155 Å². The van der Waals surface area contributed by atoms with Gasteiger partial charge in [0.15, 0.2) is 0 Å². The van der Waals surface area contributed by atoms with Crippen LogP contribution in [0.4, 0.5) is 0 Å². The molecule has 0 radical (unpaired) electrons. The fourth-order valence-corrected chi connectivity index (χ4v) is 4.84. The van der Waals surface area contributed by atoms with E-state index >= 15 is 0 Å². The zero-order valence-electron chi connectivity index (χ0n) is 14.7. The van der Waals surface area contributed by atoms with E-state index in [1.165, 1.54) is 21.2 Å². The Morgan fingerprint density at radius 3 is 2.81 bits per heavy atom. The van der Waals surface area contributed by atoms with Crippen molar-refractivity contribution in [1.82, 2.24) is 9.55 Å². The number of nitrogens with zero attached hydrogens (tertiary/aromatic N) is 2. The van der Waals surface area contributed by atoms with Crippen LogP contribution < -0.4 is 5.56 Å². The van der Waals surface area contributed by atoms with E-state index in [0.717, 1.165) is 33.6 Å². The summed E-state index contributed by atoms with van der Waals surface area (Å²) in [5.74, 6) is 0.830. The first-order valence-corrected chi connectivity index (χ1v) is 9.64. The zero-order valence-corrected chi connectivity index (χ0v) is 15.6. The molecule has 0 saturated carbocycles. The van der Waals surface area contributed by atoms with E-state index in [4.69, 9.17) is 4.98 Å². The maximum atomic E-state index is 13.0. The number of allylic oxidation sites excluding steroid dienone is 1. The maximum absolute atomic E-state index is 13.0. The minimum absolute atomic E-state index is 0.105. The van der Waals surface area contributed by atoms with Crippen molar-refractivity contribution in [3.05, 3.63) is 74.6 Å². The Morgan fingerprint density at radius 2 is 1.92 bits per heavy atom. The lowest BCUT2D eigenvalue weighted by Gasteiger charge is -2.05. The second kappa shape index (κ2) is 5.64. The number of aromatic nitrogens is 2. The molecule has 0 saturated heterocycles. The molecule has 0 fully saturated rings. The molecule has 5 rings (SSSR count). The van der Waals surface area contributed by atoms with Gasteiger partial charge in [-0.05, 0) is 53.8 Å². The largest absolute Gasteiger partial charge is 0.292 e. The Bertz CT molecular complexity index is 1270. The van der Waals surface area contributed by atoms with Crippen LogP contribution in [0.2, 0.25) is 0 Å². The Balaban J connectivity index is 1.74. The summed E-state index contributed by atoms with van der Waals surface area (Å²) in [5.41, 5.74) is 3.50. The zero-order chi connectivity index (χ0) is 17.8. The Hall–Kier alpha value is -2.72. The molecule has 1 aliphatic rings. The highest BCUT2D eigenvalue weighted by molar-refractivity contribution is 7.18. The van der Waals surface area contributed by atoms with Crippen LogP contribution in [-0.2, 0) is 6.54 Å². The van der Waals surface area contributed by atoms with E-state index in [-0.39, 0.29) is 5.56 Å². The predicted molar refractivity (Wildman–Crippen MR) is 110 cm³/mol. The van der Waals surface area contributed by atoms with Crippen LogP contribution >= 0.6 is 11.3 Å². The molecule has 0 spiro atoms. The lowest BCUT2D eigenvalue weighted by molar-refractivity contribution is 0.726. The lowest BCUT2D eigenvalue weighted by atomic mass is 10.0. The molecule has 2 aromatic carbocycles. The fraction of sp³-hybridized carbons (Fsp3) is 0.182. The van der Waals surface area contributed by atoms with Gasteiger partial charge in [0, 0.05) is 11.4 Å². The van der Waals surface area contributed by atoms with Crippen LogP contribution in [0.1, 0.15) is 28.2 Å². The number of aryl methyl sites for hydroxylation is 2. The third-order valence-corrected chi connectivity index (χ3v) is 6.44. The van der Waals surface area contributed by atoms with E-state index in [1.54, 1.807) is 11.3 Å². The predicted octanol–water partition coefficient (Wildman–Crippen LogP) is 5.17. The minimum Gasteiger partial charge on any atom is -0.292 e. The molecule has 128 valence electrons. The van der Waals surface area contributed by atoms with Crippen LogP contribution in [-0.4, -0.2) is 9.55 Å². The van der Waals surface area contributed by atoms with Crippen LogP contribution in [0.3, 0.4) is 0 Å². The summed E-state index contributed by atoms with van der Waals surface area (Å²) in [5, 5.41) is 3.25. The molecular formula is C22H18N2OS. The van der Waals surface area contributed by atoms with Crippen molar-refractivity contribution < 1.29 is 0 Å². The number of fused-ring (bicyclic) bond motifs is 3. The van der Waals surface area contributed by atoms with Crippen molar-refractivity contribution in [2.45, 2.75) is 26.8 Å². The van der Waals surface area contributed by atoms with Crippen LogP contribution in [0.15, 0.2) is 47.3 Å². The van der Waals surface area contributed by atoms with Gasteiger partial charge in [-0.15, -0.1) is 11.3 Å². The Kier molecular flexibility index (Phi) is 3.37. The molecule has 0 aliphatic carbocycles. The van der Waals surface area contributed by atoms with E-state index < -0.39 is 0 Å². The first-order valence-electron chi connectivity index (χ1n) is 8.83. The van der Waals surface area contributed by atoms with E-state index in [9.17, 15) is 4.79 Å². The summed E-state index contributed by atoms with van der Waals surface area (Å²) < 4.78 is 1.85. The molecule has 0 amide bonds. The summed E-state index contributed by atoms with van der Waals surface area (Å²) >= 11 is 1.62. The van der Waals surface area contributed by atoms with Gasteiger partial charge >= 0.3 is 0 Å². The van der Waals surface area contributed by atoms with Crippen molar-refractivity contribution >= 4 is 44.0 Å². The summed E-state index contributed by atoms with van der Waals surface area (Å²) in [6.07, 6.45) is 3.05. The van der Waals surface area contributed by atoms with E-state index in [1.807, 2.05) is 11.5 Å². The highest BCUT2D eigenvalue weighted by Gasteiger charge is 2.23. The molecule has 3 heterocycles. The molecule has 0 bridgehead atoms. The smallest absolute Gasteiger partial charge is 0.262 e. The van der Waals surface area contributed by atoms with Crippen molar-refractivity contribution in [1.29, 1.82) is 0 Å². The summed E-state index contributed by atoms with van der Waals surface area (Å²) in [6, 6.07) is 14.7. The molecular weight excluding hydrogens is 340 g/mol. The summed E-state index contributed by atoms with van der Waals surface area (Å²) in [7, 11) is 0. The number of thiophene rings is 1. The number of benzene rings is 2. The van der Waals surface area contributed by atoms with Crippen LogP contribution in [0.25, 0.3) is 32.6 Å². The molecule has 0 unspecified atom stereocenters. The van der Waals surface area contributed by atoms with Crippen molar-refractivity contribution in [3.63, 3.8) is 0 Å². The first-order chi connectivity index (χ1) is 12.6. The minimum atomic E-state index is 0.105.